The summed E-state index contributed by atoms with van der Waals surface area (Å²) in [7, 11) is -7.77. The third-order valence-corrected chi connectivity index (χ3v) is 4.58. The van der Waals surface area contributed by atoms with Crippen molar-refractivity contribution in [2.45, 2.75) is 0 Å². The molecule has 0 aromatic heterocycles. The lowest BCUT2D eigenvalue weighted by Crippen LogP contribution is -2.33. The van der Waals surface area contributed by atoms with E-state index >= 15 is 0 Å². The Morgan fingerprint density at radius 1 is 1.00 bits per heavy atom. The molecule has 0 heterocycles. The lowest BCUT2D eigenvalue weighted by molar-refractivity contribution is -0.394. The predicted octanol–water partition coefficient (Wildman–Crippen LogP) is -0.0400. The molecule has 0 aliphatic carbocycles. The molecule has 0 aliphatic rings. The van der Waals surface area contributed by atoms with Crippen LogP contribution in [-0.4, -0.2) is 76.6 Å². The van der Waals surface area contributed by atoms with Gasteiger partial charge in [-0.1, -0.05) is 0 Å². The minimum Gasteiger partial charge on any atom is -0.477 e. The molecule has 0 spiro atoms. The average molecular weight is 471 g/mol. The molecule has 15 nitrogen and oxygen atoms in total. The number of nitro groups is 2. The maximum atomic E-state index is 11.5. The Labute approximate surface area is 170 Å². The van der Waals surface area contributed by atoms with Crippen molar-refractivity contribution in [2.24, 2.45) is 0 Å². The van der Waals surface area contributed by atoms with Crippen LogP contribution >= 0.6 is 0 Å². The summed E-state index contributed by atoms with van der Waals surface area (Å²) in [5.41, 5.74) is -3.79. The highest BCUT2D eigenvalue weighted by atomic mass is 32.2. The molecule has 0 radical (unpaired) electrons. The summed E-state index contributed by atoms with van der Waals surface area (Å²) in [5, 5.41) is 31.9. The Kier molecular flexibility index (Phi) is 8.17. The number of hydrogen-bond acceptors (Lipinski definition) is 12. The van der Waals surface area contributed by atoms with E-state index in [2.05, 4.69) is 8.37 Å². The van der Waals surface area contributed by atoms with Crippen molar-refractivity contribution < 1.29 is 44.9 Å². The first kappa shape index (κ1) is 25.1. The molecule has 0 unspecified atom stereocenters. The van der Waals surface area contributed by atoms with Crippen molar-refractivity contribution in [1.29, 1.82) is 0 Å². The Balaban J connectivity index is 3.48. The first-order valence-corrected chi connectivity index (χ1v) is 11.4. The van der Waals surface area contributed by atoms with Crippen molar-refractivity contribution in [3.8, 4) is 0 Å². The van der Waals surface area contributed by atoms with Gasteiger partial charge in [-0.3, -0.25) is 28.6 Å². The van der Waals surface area contributed by atoms with Gasteiger partial charge in [0.1, 0.15) is 5.69 Å². The lowest BCUT2D eigenvalue weighted by Gasteiger charge is -2.24. The molecule has 0 saturated carbocycles. The van der Waals surface area contributed by atoms with Crippen LogP contribution in [0.4, 0.5) is 17.1 Å². The van der Waals surface area contributed by atoms with Gasteiger partial charge in [-0.25, -0.2) is 4.79 Å². The van der Waals surface area contributed by atoms with E-state index in [1.54, 1.807) is 0 Å². The molecule has 1 rings (SSSR count). The van der Waals surface area contributed by atoms with Crippen LogP contribution in [0.15, 0.2) is 12.1 Å². The maximum absolute atomic E-state index is 11.5. The fourth-order valence-corrected chi connectivity index (χ4v) is 3.08. The standard InChI is InChI=1S/C13H17N3O12S2/c1-29(23,24)27-7-5-14(6-8-28-30(2,25)26)10-4-3-9(15(19)20)11(13(17)18)12(10)16(21)22/h3-4H,5-8H2,1-2H3,(H,17,18). The van der Waals surface area contributed by atoms with Crippen molar-refractivity contribution in [3.05, 3.63) is 37.9 Å². The number of anilines is 1. The van der Waals surface area contributed by atoms with Gasteiger partial charge in [0.05, 0.1) is 35.6 Å². The van der Waals surface area contributed by atoms with Crippen LogP contribution in [-0.2, 0) is 28.6 Å². The second-order valence-corrected chi connectivity index (χ2v) is 8.97. The number of carboxylic acids is 1. The van der Waals surface area contributed by atoms with Gasteiger partial charge in [-0.2, -0.15) is 16.8 Å². The Morgan fingerprint density at radius 2 is 1.47 bits per heavy atom. The largest absolute Gasteiger partial charge is 0.477 e. The molecule has 17 heteroatoms. The summed E-state index contributed by atoms with van der Waals surface area (Å²) < 4.78 is 53.6. The van der Waals surface area contributed by atoms with E-state index in [-0.39, 0.29) is 13.1 Å². The number of carbonyl (C=O) groups is 1. The van der Waals surface area contributed by atoms with Gasteiger partial charge in [-0.05, 0) is 6.07 Å². The van der Waals surface area contributed by atoms with E-state index in [0.717, 1.165) is 29.5 Å². The van der Waals surface area contributed by atoms with Gasteiger partial charge in [0.2, 0.25) is 5.56 Å². The predicted molar refractivity (Wildman–Crippen MR) is 101 cm³/mol. The van der Waals surface area contributed by atoms with Crippen molar-refractivity contribution in [1.82, 2.24) is 0 Å². The topological polar surface area (TPSA) is 214 Å². The normalized spacial score (nSPS) is 11.8. The van der Waals surface area contributed by atoms with Crippen molar-refractivity contribution in [2.75, 3.05) is 43.7 Å². The lowest BCUT2D eigenvalue weighted by atomic mass is 10.1. The van der Waals surface area contributed by atoms with E-state index in [4.69, 9.17) is 0 Å². The number of carboxylic acid groups (broad SMARTS) is 1. The first-order valence-electron chi connectivity index (χ1n) is 7.77. The van der Waals surface area contributed by atoms with Crippen LogP contribution in [0.5, 0.6) is 0 Å². The third-order valence-electron chi connectivity index (χ3n) is 3.39. The molecular formula is C13H17N3O12S2. The van der Waals surface area contributed by atoms with Crippen LogP contribution in [0, 0.1) is 20.2 Å². The summed E-state index contributed by atoms with van der Waals surface area (Å²) >= 11 is 0. The minimum absolute atomic E-state index is 0.377. The molecule has 0 bridgehead atoms. The van der Waals surface area contributed by atoms with E-state index in [1.165, 1.54) is 0 Å². The van der Waals surface area contributed by atoms with Gasteiger partial charge in [0.15, 0.2) is 0 Å². The fourth-order valence-electron chi connectivity index (χ4n) is 2.32. The summed E-state index contributed by atoms with van der Waals surface area (Å²) in [4.78, 5) is 32.9. The SMILES string of the molecule is CS(=O)(=O)OCCN(CCOS(C)(=O)=O)c1ccc([N+](=O)[O-])c(C(=O)O)c1[N+](=O)[O-]. The maximum Gasteiger partial charge on any atom is 0.349 e. The van der Waals surface area contributed by atoms with Crippen LogP contribution in [0.2, 0.25) is 0 Å². The molecule has 1 aromatic rings. The van der Waals surface area contributed by atoms with Gasteiger partial charge < -0.3 is 10.0 Å². The molecule has 168 valence electrons. The number of benzene rings is 1. The zero-order valence-corrected chi connectivity index (χ0v) is 17.2. The second kappa shape index (κ2) is 9.74. The quantitative estimate of drug-likeness (QED) is 0.241. The minimum atomic E-state index is -3.88. The highest BCUT2D eigenvalue weighted by Crippen LogP contribution is 2.37. The van der Waals surface area contributed by atoms with Crippen LogP contribution in [0.1, 0.15) is 10.4 Å². The van der Waals surface area contributed by atoms with Crippen molar-refractivity contribution >= 4 is 43.3 Å². The Bertz CT molecular complexity index is 1010. The van der Waals surface area contributed by atoms with E-state index in [0.29, 0.717) is 0 Å². The van der Waals surface area contributed by atoms with Crippen molar-refractivity contribution in [3.63, 3.8) is 0 Å². The van der Waals surface area contributed by atoms with Gasteiger partial charge in [0, 0.05) is 19.2 Å². The summed E-state index contributed by atoms with van der Waals surface area (Å²) in [6.07, 6.45) is 1.50. The van der Waals surface area contributed by atoms with Crippen LogP contribution in [0.3, 0.4) is 0 Å². The molecule has 0 saturated heterocycles. The smallest absolute Gasteiger partial charge is 0.349 e. The van der Waals surface area contributed by atoms with Gasteiger partial charge in [0.25, 0.3) is 25.9 Å². The molecule has 0 amide bonds. The molecule has 0 fully saturated rings. The van der Waals surface area contributed by atoms with Crippen LogP contribution in [0.25, 0.3) is 0 Å². The zero-order valence-electron chi connectivity index (χ0n) is 15.6. The number of nitrogens with zero attached hydrogens (tertiary/aromatic N) is 3. The number of rotatable bonds is 12. The molecule has 30 heavy (non-hydrogen) atoms. The number of hydrogen-bond donors (Lipinski definition) is 1. The molecular weight excluding hydrogens is 454 g/mol. The van der Waals surface area contributed by atoms with E-state index in [9.17, 15) is 47.0 Å². The molecule has 0 atom stereocenters. The monoisotopic (exact) mass is 471 g/mol. The second-order valence-electron chi connectivity index (χ2n) is 5.69. The van der Waals surface area contributed by atoms with E-state index in [1.807, 2.05) is 0 Å². The zero-order chi connectivity index (χ0) is 23.3. The molecule has 0 aliphatic heterocycles. The summed E-state index contributed by atoms with van der Waals surface area (Å²) in [6, 6.07) is 1.62. The average Bonchev–Trinajstić information content (AvgIpc) is 2.56. The molecule has 1 aromatic carbocycles. The van der Waals surface area contributed by atoms with Crippen LogP contribution < -0.4 is 4.90 Å². The summed E-state index contributed by atoms with van der Waals surface area (Å²) in [6.45, 7) is -1.82. The number of aromatic carboxylic acids is 1. The van der Waals surface area contributed by atoms with E-state index < -0.39 is 71.9 Å². The molecule has 1 N–H and O–H groups in total. The Hall–Kier alpha value is -2.89. The Morgan fingerprint density at radius 3 is 1.80 bits per heavy atom. The first-order chi connectivity index (χ1) is 13.6. The van der Waals surface area contributed by atoms with Gasteiger partial charge >= 0.3 is 11.7 Å². The third kappa shape index (κ3) is 7.50. The van der Waals surface area contributed by atoms with Gasteiger partial charge in [-0.15, -0.1) is 0 Å². The highest BCUT2D eigenvalue weighted by Gasteiger charge is 2.35. The number of nitro benzene ring substituents is 2. The highest BCUT2D eigenvalue weighted by molar-refractivity contribution is 7.86. The fraction of sp³-hybridized carbons (Fsp3) is 0.462. The summed E-state index contributed by atoms with van der Waals surface area (Å²) in [5.74, 6) is -1.94.